The summed E-state index contributed by atoms with van der Waals surface area (Å²) in [4.78, 5) is 18.2. The van der Waals surface area contributed by atoms with E-state index in [0.29, 0.717) is 0 Å². The molecular formula is C36H46CuN4. The van der Waals surface area contributed by atoms with Gasteiger partial charge in [0.25, 0.3) is 0 Å². The molecule has 0 saturated heterocycles. The largest absolute Gasteiger partial charge is 0.355 e. The molecule has 0 aromatic carbocycles. The number of nitrogens with one attached hydrogen (secondary N) is 2. The Morgan fingerprint density at radius 3 is 0.927 bits per heavy atom. The summed E-state index contributed by atoms with van der Waals surface area (Å²) in [6.45, 7) is 18.1. The minimum Gasteiger partial charge on any atom is -0.355 e. The molecule has 2 aliphatic heterocycles. The number of aromatic amines is 2. The third-order valence-electron chi connectivity index (χ3n) is 8.97. The number of allylic oxidation sites excluding steroid dienone is 4. The molecule has 5 rings (SSSR count). The Hall–Kier alpha value is -2.88. The number of aryl methyl sites for hydroxylation is 4. The summed E-state index contributed by atoms with van der Waals surface area (Å²) in [7, 11) is 0. The van der Waals surface area contributed by atoms with E-state index < -0.39 is 0 Å². The van der Waals surface area contributed by atoms with Gasteiger partial charge in [-0.15, -0.1) is 0 Å². The van der Waals surface area contributed by atoms with Crippen molar-refractivity contribution in [1.29, 1.82) is 0 Å². The second-order valence-corrected chi connectivity index (χ2v) is 10.9. The third kappa shape index (κ3) is 5.28. The van der Waals surface area contributed by atoms with Crippen LogP contribution >= 0.6 is 0 Å². The first-order valence-corrected chi connectivity index (χ1v) is 15.7. The molecule has 3 aromatic rings. The Morgan fingerprint density at radius 2 is 0.659 bits per heavy atom. The fourth-order valence-electron chi connectivity index (χ4n) is 7.10. The fraction of sp³-hybridized carbons (Fsp3) is 0.444. The van der Waals surface area contributed by atoms with Crippen LogP contribution in [0.2, 0.25) is 0 Å². The summed E-state index contributed by atoms with van der Waals surface area (Å²) in [6.07, 6.45) is 7.84. The average Bonchev–Trinajstić information content (AvgIpc) is 3.67. The second kappa shape index (κ2) is 13.0. The van der Waals surface area contributed by atoms with Crippen molar-refractivity contribution in [1.82, 2.24) is 19.9 Å². The molecule has 0 saturated carbocycles. The van der Waals surface area contributed by atoms with Crippen LogP contribution in [0.25, 0.3) is 44.4 Å². The summed E-state index contributed by atoms with van der Waals surface area (Å²) in [6, 6.07) is 9.24. The molecule has 0 spiro atoms. The number of aromatic nitrogens is 4. The van der Waals surface area contributed by atoms with Crippen LogP contribution in [0, 0.1) is 0 Å². The zero-order chi connectivity index (χ0) is 28.6. The molecule has 221 valence electrons. The number of H-pyrrole nitrogens is 2. The molecule has 5 heteroatoms. The van der Waals surface area contributed by atoms with E-state index in [1.165, 1.54) is 66.6 Å². The van der Waals surface area contributed by atoms with Gasteiger partial charge in [0.15, 0.2) is 0 Å². The normalized spacial score (nSPS) is 13.3. The number of fused-ring (bicyclic) bond motifs is 8. The maximum Gasteiger partial charge on any atom is 0.0694 e. The molecule has 0 aliphatic carbocycles. The van der Waals surface area contributed by atoms with Gasteiger partial charge in [-0.2, -0.15) is 0 Å². The number of rotatable bonds is 8. The van der Waals surface area contributed by atoms with Crippen LogP contribution in [0.5, 0.6) is 0 Å². The monoisotopic (exact) mass is 597 g/mol. The van der Waals surface area contributed by atoms with Crippen molar-refractivity contribution >= 4 is 44.4 Å². The Labute approximate surface area is 256 Å². The van der Waals surface area contributed by atoms with Gasteiger partial charge in [-0.25, -0.2) is 9.97 Å². The van der Waals surface area contributed by atoms with E-state index in [9.17, 15) is 0 Å². The van der Waals surface area contributed by atoms with Gasteiger partial charge in [0.1, 0.15) is 0 Å². The Bertz CT molecular complexity index is 1560. The average molecular weight is 598 g/mol. The number of hydrogen-bond donors (Lipinski definition) is 2. The summed E-state index contributed by atoms with van der Waals surface area (Å²) in [5.41, 5.74) is 20.2. The van der Waals surface area contributed by atoms with Crippen molar-refractivity contribution in [2.24, 2.45) is 0 Å². The first-order valence-electron chi connectivity index (χ1n) is 15.7. The summed E-state index contributed by atoms with van der Waals surface area (Å²) < 4.78 is 0. The quantitative estimate of drug-likeness (QED) is 0.254. The first kappa shape index (κ1) is 31.1. The van der Waals surface area contributed by atoms with E-state index in [1.54, 1.807) is 0 Å². The predicted molar refractivity (Wildman–Crippen MR) is 173 cm³/mol. The van der Waals surface area contributed by atoms with Crippen molar-refractivity contribution in [3.05, 3.63) is 69.3 Å². The molecule has 4 nitrogen and oxygen atoms in total. The van der Waals surface area contributed by atoms with Crippen LogP contribution in [-0.2, 0) is 42.8 Å². The molecule has 2 aliphatic rings. The molecule has 3 aromatic heterocycles. The van der Waals surface area contributed by atoms with E-state index in [-0.39, 0.29) is 17.1 Å². The maximum absolute atomic E-state index is 5.28. The summed E-state index contributed by atoms with van der Waals surface area (Å²) >= 11 is 0. The Kier molecular flexibility index (Phi) is 9.82. The van der Waals surface area contributed by atoms with Crippen LogP contribution in [-0.4, -0.2) is 19.9 Å². The molecule has 41 heavy (non-hydrogen) atoms. The van der Waals surface area contributed by atoms with E-state index in [0.717, 1.165) is 74.1 Å². The van der Waals surface area contributed by atoms with Crippen molar-refractivity contribution in [2.75, 3.05) is 0 Å². The first-order chi connectivity index (χ1) is 19.5. The van der Waals surface area contributed by atoms with Crippen molar-refractivity contribution in [3.63, 3.8) is 0 Å². The molecule has 0 unspecified atom stereocenters. The molecule has 0 amide bonds. The summed E-state index contributed by atoms with van der Waals surface area (Å²) in [5.74, 6) is 0. The minimum atomic E-state index is 0. The number of nitrogens with zero attached hydrogens (tertiary/aromatic N) is 2. The Morgan fingerprint density at radius 1 is 0.390 bits per heavy atom. The Balaban J connectivity index is 0.00000387. The van der Waals surface area contributed by atoms with Gasteiger partial charge in [-0.3, -0.25) is 0 Å². The smallest absolute Gasteiger partial charge is 0.0694 e. The zero-order valence-electron chi connectivity index (χ0n) is 26.2. The van der Waals surface area contributed by atoms with Crippen molar-refractivity contribution in [2.45, 2.75) is 107 Å². The molecule has 5 heterocycles. The SMILES string of the molecule is CCC1=C(CC)c2cc3[nH]c(cc4[nH]c(cc5nc(cc1n2)C(CC)=C5CC)c(CC)c4CC)c(CC)c3CC.[Cu]. The van der Waals surface area contributed by atoms with Gasteiger partial charge in [0, 0.05) is 39.1 Å². The van der Waals surface area contributed by atoms with Crippen LogP contribution < -0.4 is 0 Å². The topological polar surface area (TPSA) is 57.4 Å². The van der Waals surface area contributed by atoms with E-state index >= 15 is 0 Å². The van der Waals surface area contributed by atoms with Gasteiger partial charge in [-0.1, -0.05) is 55.4 Å². The molecule has 0 fully saturated rings. The molecule has 2 N–H and O–H groups in total. The van der Waals surface area contributed by atoms with Gasteiger partial charge in [0.05, 0.1) is 22.8 Å². The van der Waals surface area contributed by atoms with Crippen molar-refractivity contribution in [3.8, 4) is 0 Å². The van der Waals surface area contributed by atoms with Gasteiger partial charge in [-0.05, 0) is 120 Å². The van der Waals surface area contributed by atoms with E-state index in [2.05, 4.69) is 89.6 Å². The number of hydrogen-bond acceptors (Lipinski definition) is 2. The standard InChI is InChI=1S/C36H46N4.Cu/c1-9-21-22(10-2)30-18-32-25(13-5)26(14-6)34(39-32)20-36-28(16-8)27(15-7)35(40-36)19-33-24(12-4)23(11-3)31(38-33)17-29(21)37-30;/h17-20,37-38H,9-16H2,1-8H3;. The minimum absolute atomic E-state index is 0. The van der Waals surface area contributed by atoms with Crippen molar-refractivity contribution < 1.29 is 17.1 Å². The predicted octanol–water partition coefficient (Wildman–Crippen LogP) is 10.0. The van der Waals surface area contributed by atoms with Gasteiger partial charge in [0.2, 0.25) is 0 Å². The third-order valence-corrected chi connectivity index (χ3v) is 8.97. The zero-order valence-corrected chi connectivity index (χ0v) is 27.1. The van der Waals surface area contributed by atoms with Crippen LogP contribution in [0.15, 0.2) is 24.3 Å². The molecule has 8 bridgehead atoms. The molecular weight excluding hydrogens is 552 g/mol. The van der Waals surface area contributed by atoms with Crippen LogP contribution in [0.3, 0.4) is 0 Å². The second-order valence-electron chi connectivity index (χ2n) is 10.9. The van der Waals surface area contributed by atoms with Gasteiger partial charge < -0.3 is 9.97 Å². The van der Waals surface area contributed by atoms with Crippen LogP contribution in [0.1, 0.15) is 126 Å². The fourth-order valence-corrected chi connectivity index (χ4v) is 7.10. The van der Waals surface area contributed by atoms with Gasteiger partial charge >= 0.3 is 0 Å². The van der Waals surface area contributed by atoms with Crippen LogP contribution in [0.4, 0.5) is 0 Å². The van der Waals surface area contributed by atoms with E-state index in [1.807, 2.05) is 0 Å². The molecule has 0 atom stereocenters. The van der Waals surface area contributed by atoms with E-state index in [4.69, 9.17) is 9.97 Å². The summed E-state index contributed by atoms with van der Waals surface area (Å²) in [5, 5.41) is 0. The maximum atomic E-state index is 5.28. The molecule has 1 radical (unpaired) electrons.